The summed E-state index contributed by atoms with van der Waals surface area (Å²) in [6, 6.07) is 12.5. The van der Waals surface area contributed by atoms with Crippen molar-refractivity contribution in [1.82, 2.24) is 4.90 Å². The first-order chi connectivity index (χ1) is 11.2. The lowest BCUT2D eigenvalue weighted by Gasteiger charge is -2.31. The molecular weight excluding hydrogens is 324 g/mol. The minimum Gasteiger partial charge on any atom is -0.467 e. The number of nitrogens with two attached hydrogens (primary N) is 1. The summed E-state index contributed by atoms with van der Waals surface area (Å²) in [6.45, 7) is 3.33. The molecule has 2 unspecified atom stereocenters. The number of amides is 1. The number of carbonyl (C=O) groups is 1. The Bertz CT molecular complexity index is 656. The number of nitrogens with zero attached hydrogens (tertiary/aromatic N) is 1. The topological polar surface area (TPSA) is 59.5 Å². The molecule has 1 fully saturated rings. The van der Waals surface area contributed by atoms with E-state index in [1.54, 1.807) is 6.07 Å². The van der Waals surface area contributed by atoms with Crippen LogP contribution < -0.4 is 5.73 Å². The molecule has 0 spiro atoms. The number of likely N-dealkylation sites (tertiary alicyclic amines) is 1. The molecule has 0 aliphatic carbocycles. The lowest BCUT2D eigenvalue weighted by atomic mass is 9.87. The van der Waals surface area contributed by atoms with Gasteiger partial charge in [0.15, 0.2) is 0 Å². The average Bonchev–Trinajstić information content (AvgIpc) is 3.25. The van der Waals surface area contributed by atoms with Crippen LogP contribution in [0, 0.1) is 0 Å². The van der Waals surface area contributed by atoms with E-state index in [9.17, 15) is 4.79 Å². The molecule has 4 nitrogen and oxygen atoms in total. The van der Waals surface area contributed by atoms with Crippen molar-refractivity contribution in [2.75, 3.05) is 6.54 Å². The molecule has 2 aromatic rings. The van der Waals surface area contributed by atoms with Crippen molar-refractivity contribution < 1.29 is 9.21 Å². The highest BCUT2D eigenvalue weighted by atomic mass is 35.5. The van der Waals surface area contributed by atoms with E-state index in [2.05, 4.69) is 31.2 Å². The summed E-state index contributed by atoms with van der Waals surface area (Å²) in [5.74, 6) is 1.09. The fraction of sp³-hybridized carbons (Fsp3) is 0.421. The number of furan rings is 1. The van der Waals surface area contributed by atoms with Gasteiger partial charge in [-0.2, -0.15) is 0 Å². The van der Waals surface area contributed by atoms with E-state index < -0.39 is 0 Å². The number of hydrogen-bond acceptors (Lipinski definition) is 3. The normalized spacial score (nSPS) is 18.2. The molecule has 2 atom stereocenters. The second-order valence-electron chi connectivity index (χ2n) is 6.14. The zero-order valence-electron chi connectivity index (χ0n) is 14.0. The number of halogens is 1. The maximum absolute atomic E-state index is 12.9. The second-order valence-corrected chi connectivity index (χ2v) is 6.14. The summed E-state index contributed by atoms with van der Waals surface area (Å²) in [4.78, 5) is 14.9. The van der Waals surface area contributed by atoms with Gasteiger partial charge in [0.1, 0.15) is 12.0 Å². The predicted molar refractivity (Wildman–Crippen MR) is 97.4 cm³/mol. The van der Waals surface area contributed by atoms with E-state index in [0.29, 0.717) is 23.8 Å². The lowest BCUT2D eigenvalue weighted by molar-refractivity contribution is 0.0714. The Hall–Kier alpha value is -1.78. The van der Waals surface area contributed by atoms with Crippen molar-refractivity contribution in [3.8, 4) is 0 Å². The van der Waals surface area contributed by atoms with Crippen molar-refractivity contribution >= 4 is 18.3 Å². The van der Waals surface area contributed by atoms with Gasteiger partial charge in [0.05, 0.1) is 12.1 Å². The smallest absolute Gasteiger partial charge is 0.257 e. The van der Waals surface area contributed by atoms with Crippen LogP contribution in [0.4, 0.5) is 0 Å². The first-order valence-corrected chi connectivity index (χ1v) is 8.38. The number of benzene rings is 1. The zero-order valence-corrected chi connectivity index (χ0v) is 14.8. The summed E-state index contributed by atoms with van der Waals surface area (Å²) in [5.41, 5.74) is 7.50. The molecule has 1 amide bonds. The van der Waals surface area contributed by atoms with E-state index in [1.165, 1.54) is 11.8 Å². The molecule has 1 saturated heterocycles. The van der Waals surface area contributed by atoms with E-state index in [1.807, 2.05) is 11.0 Å². The second kappa shape index (κ2) is 8.36. The number of rotatable bonds is 5. The molecular formula is C19H25ClN2O2. The zero-order chi connectivity index (χ0) is 16.2. The highest BCUT2D eigenvalue weighted by Crippen LogP contribution is 2.34. The highest BCUT2D eigenvalue weighted by molar-refractivity contribution is 5.94. The molecule has 5 heteroatoms. The van der Waals surface area contributed by atoms with Crippen LogP contribution in [0.3, 0.4) is 0 Å². The quantitative estimate of drug-likeness (QED) is 0.889. The third kappa shape index (κ3) is 3.65. The van der Waals surface area contributed by atoms with Crippen LogP contribution in [0.1, 0.15) is 53.8 Å². The van der Waals surface area contributed by atoms with Gasteiger partial charge in [0.25, 0.3) is 5.91 Å². The predicted octanol–water partition coefficient (Wildman–Crippen LogP) is 3.96. The van der Waals surface area contributed by atoms with Crippen LogP contribution in [-0.2, 0) is 6.54 Å². The van der Waals surface area contributed by atoms with Crippen molar-refractivity contribution in [3.63, 3.8) is 0 Å². The number of carbonyl (C=O) groups excluding carboxylic acids is 1. The molecule has 2 N–H and O–H groups in total. The van der Waals surface area contributed by atoms with E-state index in [0.717, 1.165) is 25.8 Å². The van der Waals surface area contributed by atoms with Gasteiger partial charge in [0, 0.05) is 18.5 Å². The first kappa shape index (κ1) is 18.6. The third-order valence-electron chi connectivity index (χ3n) is 4.79. The van der Waals surface area contributed by atoms with Gasteiger partial charge in [-0.3, -0.25) is 4.79 Å². The van der Waals surface area contributed by atoms with Crippen LogP contribution in [0.15, 0.2) is 47.1 Å². The summed E-state index contributed by atoms with van der Waals surface area (Å²) in [5, 5.41) is 0. The van der Waals surface area contributed by atoms with Crippen LogP contribution >= 0.6 is 12.4 Å². The van der Waals surface area contributed by atoms with Gasteiger partial charge in [-0.1, -0.05) is 37.3 Å². The molecule has 1 aromatic heterocycles. The molecule has 0 radical (unpaired) electrons. The Morgan fingerprint density at radius 1 is 1.38 bits per heavy atom. The Labute approximate surface area is 149 Å². The molecule has 24 heavy (non-hydrogen) atoms. The summed E-state index contributed by atoms with van der Waals surface area (Å²) in [6.07, 6.45) is 4.67. The summed E-state index contributed by atoms with van der Waals surface area (Å²) < 4.78 is 5.33. The largest absolute Gasteiger partial charge is 0.467 e. The minimum atomic E-state index is 0. The maximum atomic E-state index is 12.9. The van der Waals surface area contributed by atoms with Gasteiger partial charge in [0.2, 0.25) is 0 Å². The van der Waals surface area contributed by atoms with Crippen molar-refractivity contribution in [1.29, 1.82) is 0 Å². The van der Waals surface area contributed by atoms with E-state index >= 15 is 0 Å². The van der Waals surface area contributed by atoms with Crippen molar-refractivity contribution in [2.45, 2.75) is 44.7 Å². The maximum Gasteiger partial charge on any atom is 0.257 e. The van der Waals surface area contributed by atoms with Crippen molar-refractivity contribution in [3.05, 3.63) is 59.5 Å². The summed E-state index contributed by atoms with van der Waals surface area (Å²) in [7, 11) is 0. The Kier molecular flexibility index (Phi) is 6.46. The fourth-order valence-corrected chi connectivity index (χ4v) is 3.66. The lowest BCUT2D eigenvalue weighted by Crippen LogP contribution is -2.39. The molecule has 1 aliphatic heterocycles. The fourth-order valence-electron chi connectivity index (χ4n) is 3.66. The molecule has 130 valence electrons. The summed E-state index contributed by atoms with van der Waals surface area (Å²) >= 11 is 0. The van der Waals surface area contributed by atoms with Gasteiger partial charge in [-0.05, 0) is 30.9 Å². The third-order valence-corrected chi connectivity index (χ3v) is 4.79. The average molecular weight is 349 g/mol. The SMILES string of the molecule is CCC(c1ccccc1)C1CCCN1C(=O)c1coc(CN)c1.Cl. The van der Waals surface area contributed by atoms with Crippen LogP contribution in [0.25, 0.3) is 0 Å². The minimum absolute atomic E-state index is 0. The Balaban J connectivity index is 0.00000208. The molecule has 2 heterocycles. The number of hydrogen-bond donors (Lipinski definition) is 1. The van der Waals surface area contributed by atoms with E-state index in [-0.39, 0.29) is 24.4 Å². The van der Waals surface area contributed by atoms with Crippen LogP contribution in [0.2, 0.25) is 0 Å². The molecule has 1 aliphatic rings. The molecule has 0 bridgehead atoms. The first-order valence-electron chi connectivity index (χ1n) is 8.38. The van der Waals surface area contributed by atoms with Crippen molar-refractivity contribution in [2.24, 2.45) is 5.73 Å². The van der Waals surface area contributed by atoms with Gasteiger partial charge in [-0.15, -0.1) is 12.4 Å². The monoisotopic (exact) mass is 348 g/mol. The Morgan fingerprint density at radius 2 is 2.12 bits per heavy atom. The Morgan fingerprint density at radius 3 is 2.75 bits per heavy atom. The molecule has 0 saturated carbocycles. The molecule has 3 rings (SSSR count). The molecule has 1 aromatic carbocycles. The highest BCUT2D eigenvalue weighted by Gasteiger charge is 2.35. The van der Waals surface area contributed by atoms with Crippen LogP contribution in [-0.4, -0.2) is 23.4 Å². The van der Waals surface area contributed by atoms with Crippen LogP contribution in [0.5, 0.6) is 0 Å². The van der Waals surface area contributed by atoms with Gasteiger partial charge < -0.3 is 15.1 Å². The van der Waals surface area contributed by atoms with Gasteiger partial charge in [-0.25, -0.2) is 0 Å². The van der Waals surface area contributed by atoms with E-state index in [4.69, 9.17) is 10.2 Å². The standard InChI is InChI=1S/C19H24N2O2.ClH/c1-2-17(14-7-4-3-5-8-14)18-9-6-10-21(18)19(22)15-11-16(12-20)23-13-15;/h3-5,7-8,11,13,17-18H,2,6,9-10,12,20H2,1H3;1H. The van der Waals surface area contributed by atoms with Gasteiger partial charge >= 0.3 is 0 Å².